The Balaban J connectivity index is 1.52. The van der Waals surface area contributed by atoms with Gasteiger partial charge >= 0.3 is 6.09 Å². The van der Waals surface area contributed by atoms with Gasteiger partial charge < -0.3 is 35.2 Å². The molecule has 0 bridgehead atoms. The first-order chi connectivity index (χ1) is 25.3. The van der Waals surface area contributed by atoms with Gasteiger partial charge in [0.2, 0.25) is 11.8 Å². The molecular formula is C40H50N4O9. The van der Waals surface area contributed by atoms with E-state index in [1.165, 1.54) is 34.1 Å². The lowest BCUT2D eigenvalue weighted by molar-refractivity contribution is -0.269. The summed E-state index contributed by atoms with van der Waals surface area (Å²) in [6.45, 7) is 8.05. The molecule has 53 heavy (non-hydrogen) atoms. The van der Waals surface area contributed by atoms with E-state index in [4.69, 9.17) is 9.57 Å². The van der Waals surface area contributed by atoms with Crippen LogP contribution < -0.4 is 5.32 Å². The van der Waals surface area contributed by atoms with Gasteiger partial charge in [0.1, 0.15) is 29.3 Å². The normalized spacial score (nSPS) is 19.4. The van der Waals surface area contributed by atoms with Crippen LogP contribution in [0.2, 0.25) is 0 Å². The number of carbonyl (C=O) groups is 4. The van der Waals surface area contributed by atoms with Gasteiger partial charge in [-0.1, -0.05) is 64.1 Å². The predicted octanol–water partition coefficient (Wildman–Crippen LogP) is 4.53. The van der Waals surface area contributed by atoms with E-state index in [2.05, 4.69) is 5.32 Å². The molecule has 2 heterocycles. The largest absolute Gasteiger partial charge is 0.508 e. The number of benzene rings is 3. The number of nitrogens with one attached hydrogen (secondary N) is 1. The van der Waals surface area contributed by atoms with Gasteiger partial charge in [0.25, 0.3) is 5.91 Å². The summed E-state index contributed by atoms with van der Waals surface area (Å²) >= 11 is 0. The average molecular weight is 731 g/mol. The van der Waals surface area contributed by atoms with Crippen LogP contribution in [0.25, 0.3) is 0 Å². The molecule has 2 fully saturated rings. The molecule has 3 aromatic carbocycles. The van der Waals surface area contributed by atoms with Crippen molar-refractivity contribution in [3.63, 3.8) is 0 Å². The summed E-state index contributed by atoms with van der Waals surface area (Å²) in [5.74, 6) is -0.791. The lowest BCUT2D eigenvalue weighted by Gasteiger charge is -2.53. The molecule has 3 aromatic rings. The molecule has 13 nitrogen and oxygen atoms in total. The SMILES string of the molecule is CC(C)CCNC(=O)[C@H](Cc1ccc(O)cc1)N1CC2N(C(=O)OCCc3ccc(O)cc3)O[C@H](CC(C)C)C(=O)N2[C@@H](Cc2ccc(O)cc2)C1=O. The fourth-order valence-electron chi connectivity index (χ4n) is 6.62. The van der Waals surface area contributed by atoms with E-state index in [1.54, 1.807) is 48.5 Å². The summed E-state index contributed by atoms with van der Waals surface area (Å²) in [6, 6.07) is 17.0. The molecule has 284 valence electrons. The number of phenols is 3. The van der Waals surface area contributed by atoms with Gasteiger partial charge in [0.15, 0.2) is 12.3 Å². The molecule has 4 amide bonds. The van der Waals surface area contributed by atoms with Crippen molar-refractivity contribution >= 4 is 23.8 Å². The van der Waals surface area contributed by atoms with E-state index in [1.807, 2.05) is 27.7 Å². The molecule has 4 atom stereocenters. The minimum Gasteiger partial charge on any atom is -0.508 e. The van der Waals surface area contributed by atoms with Crippen molar-refractivity contribution in [3.05, 3.63) is 89.5 Å². The fraction of sp³-hybridized carbons (Fsp3) is 0.450. The second kappa shape index (κ2) is 17.5. The quantitative estimate of drug-likeness (QED) is 0.186. The maximum absolute atomic E-state index is 14.8. The number of amides is 4. The number of fused-ring (bicyclic) bond motifs is 1. The molecule has 4 N–H and O–H groups in total. The first-order valence-corrected chi connectivity index (χ1v) is 18.2. The number of rotatable bonds is 14. The molecule has 2 aliphatic heterocycles. The van der Waals surface area contributed by atoms with Crippen molar-refractivity contribution < 1.29 is 44.1 Å². The summed E-state index contributed by atoms with van der Waals surface area (Å²) < 4.78 is 5.70. The summed E-state index contributed by atoms with van der Waals surface area (Å²) in [4.78, 5) is 66.0. The van der Waals surface area contributed by atoms with Gasteiger partial charge in [0.05, 0.1) is 13.2 Å². The van der Waals surface area contributed by atoms with E-state index in [0.29, 0.717) is 30.0 Å². The van der Waals surface area contributed by atoms with Gasteiger partial charge in [-0.15, -0.1) is 0 Å². The summed E-state index contributed by atoms with van der Waals surface area (Å²) in [5.41, 5.74) is 2.17. The highest BCUT2D eigenvalue weighted by Gasteiger charge is 2.55. The smallest absolute Gasteiger partial charge is 0.436 e. The lowest BCUT2D eigenvalue weighted by Crippen LogP contribution is -2.75. The van der Waals surface area contributed by atoms with Gasteiger partial charge in [-0.2, -0.15) is 5.06 Å². The second-order valence-electron chi connectivity index (χ2n) is 14.5. The highest BCUT2D eigenvalue weighted by atomic mass is 16.7. The Morgan fingerprint density at radius 2 is 1.38 bits per heavy atom. The number of hydroxylamine groups is 2. The molecule has 1 unspecified atom stereocenters. The highest BCUT2D eigenvalue weighted by molar-refractivity contribution is 5.95. The van der Waals surface area contributed by atoms with Crippen LogP contribution >= 0.6 is 0 Å². The van der Waals surface area contributed by atoms with Crippen LogP contribution in [-0.4, -0.2) is 98.0 Å². The first kappa shape index (κ1) is 38.9. The zero-order valence-corrected chi connectivity index (χ0v) is 30.7. The number of aromatic hydroxyl groups is 3. The van der Waals surface area contributed by atoms with Crippen LogP contribution in [-0.2, 0) is 43.2 Å². The van der Waals surface area contributed by atoms with Crippen LogP contribution in [0.15, 0.2) is 72.8 Å². The van der Waals surface area contributed by atoms with Gasteiger partial charge in [-0.25, -0.2) is 4.79 Å². The molecule has 2 saturated heterocycles. The first-order valence-electron chi connectivity index (χ1n) is 18.2. The van der Waals surface area contributed by atoms with Crippen molar-refractivity contribution in [2.75, 3.05) is 19.7 Å². The Morgan fingerprint density at radius 3 is 1.94 bits per heavy atom. The lowest BCUT2D eigenvalue weighted by atomic mass is 9.94. The number of ether oxygens (including phenoxy) is 1. The second-order valence-corrected chi connectivity index (χ2v) is 14.5. The molecule has 0 aliphatic carbocycles. The van der Waals surface area contributed by atoms with Crippen LogP contribution in [0.1, 0.15) is 57.2 Å². The average Bonchev–Trinajstić information content (AvgIpc) is 3.11. The fourth-order valence-corrected chi connectivity index (χ4v) is 6.62. The topological polar surface area (TPSA) is 169 Å². The van der Waals surface area contributed by atoms with Crippen molar-refractivity contribution in [3.8, 4) is 17.2 Å². The van der Waals surface area contributed by atoms with E-state index in [9.17, 15) is 34.5 Å². The van der Waals surface area contributed by atoms with Crippen LogP contribution in [0.3, 0.4) is 0 Å². The monoisotopic (exact) mass is 730 g/mol. The molecular weight excluding hydrogens is 680 g/mol. The number of piperazine rings is 1. The highest BCUT2D eigenvalue weighted by Crippen LogP contribution is 2.33. The Kier molecular flexibility index (Phi) is 12.8. The minimum absolute atomic E-state index is 0.00429. The Hall–Kier alpha value is -5.30. The number of phenolic OH excluding ortho intramolecular Hbond substituents is 3. The number of hydrogen-bond donors (Lipinski definition) is 4. The standard InChI is InChI=1S/C40H50N4O9/c1-25(2)17-19-41-37(48)33(22-28-7-13-31(46)14-8-28)42-24-36-43(34(38(42)49)23-29-9-15-32(47)16-10-29)39(50)35(21-26(3)4)53-44(36)40(51)52-20-18-27-5-11-30(45)12-6-27/h5-16,25-26,33-36,45-47H,17-24H2,1-4H3,(H,41,48)/t33-,34-,35+,36?/m0/s1. The third-order valence-corrected chi connectivity index (χ3v) is 9.48. The molecule has 13 heteroatoms. The van der Waals surface area contributed by atoms with E-state index in [-0.39, 0.29) is 55.6 Å². The van der Waals surface area contributed by atoms with Gasteiger partial charge in [-0.05, 0) is 77.8 Å². The summed E-state index contributed by atoms with van der Waals surface area (Å²) in [6.07, 6.45) is -1.60. The zero-order chi connectivity index (χ0) is 38.2. The number of nitrogens with zero attached hydrogens (tertiary/aromatic N) is 3. The Morgan fingerprint density at radius 1 is 0.811 bits per heavy atom. The summed E-state index contributed by atoms with van der Waals surface area (Å²) in [7, 11) is 0. The molecule has 2 aliphatic rings. The van der Waals surface area contributed by atoms with Crippen molar-refractivity contribution in [2.45, 2.75) is 84.2 Å². The van der Waals surface area contributed by atoms with Crippen molar-refractivity contribution in [1.82, 2.24) is 20.2 Å². The third-order valence-electron chi connectivity index (χ3n) is 9.48. The maximum Gasteiger partial charge on any atom is 0.436 e. The van der Waals surface area contributed by atoms with Crippen LogP contribution in [0.5, 0.6) is 17.2 Å². The summed E-state index contributed by atoms with van der Waals surface area (Å²) in [5, 5.41) is 33.6. The van der Waals surface area contributed by atoms with E-state index >= 15 is 0 Å². The number of hydrogen-bond acceptors (Lipinski definition) is 9. The molecule has 0 radical (unpaired) electrons. The van der Waals surface area contributed by atoms with Crippen molar-refractivity contribution in [1.29, 1.82) is 0 Å². The predicted molar refractivity (Wildman–Crippen MR) is 195 cm³/mol. The Labute approximate surface area is 310 Å². The van der Waals surface area contributed by atoms with Crippen LogP contribution in [0.4, 0.5) is 4.79 Å². The van der Waals surface area contributed by atoms with Gasteiger partial charge in [-0.3, -0.25) is 19.2 Å². The molecule has 0 aromatic heterocycles. The zero-order valence-electron chi connectivity index (χ0n) is 30.7. The molecule has 0 saturated carbocycles. The van der Waals surface area contributed by atoms with Crippen LogP contribution in [0, 0.1) is 11.8 Å². The Bertz CT molecular complexity index is 1710. The third kappa shape index (κ3) is 9.98. The maximum atomic E-state index is 14.8. The van der Waals surface area contributed by atoms with Gasteiger partial charge in [0, 0.05) is 25.8 Å². The van der Waals surface area contributed by atoms with Crippen molar-refractivity contribution in [2.24, 2.45) is 11.8 Å². The van der Waals surface area contributed by atoms with E-state index < -0.39 is 48.2 Å². The van der Waals surface area contributed by atoms with E-state index in [0.717, 1.165) is 17.0 Å². The molecule has 0 spiro atoms. The number of carbonyl (C=O) groups excluding carboxylic acids is 4. The minimum atomic E-state index is -1.14. The molecule has 5 rings (SSSR count).